The molecule has 0 radical (unpaired) electrons. The van der Waals surface area contributed by atoms with Gasteiger partial charge in [-0.2, -0.15) is 0 Å². The summed E-state index contributed by atoms with van der Waals surface area (Å²) in [5.74, 6) is 1.80. The van der Waals surface area contributed by atoms with E-state index in [2.05, 4.69) is 127 Å². The van der Waals surface area contributed by atoms with Gasteiger partial charge in [0, 0.05) is 0 Å². The van der Waals surface area contributed by atoms with Crippen molar-refractivity contribution in [1.82, 2.24) is 0 Å². The predicted molar refractivity (Wildman–Crippen MR) is 175 cm³/mol. The minimum absolute atomic E-state index is 0. The topological polar surface area (TPSA) is 60.9 Å². The fourth-order valence-electron chi connectivity index (χ4n) is 4.15. The van der Waals surface area contributed by atoms with E-state index in [9.17, 15) is 0 Å². The quantitative estimate of drug-likeness (QED) is 0.350. The second-order valence-corrected chi connectivity index (χ2v) is 12.6. The summed E-state index contributed by atoms with van der Waals surface area (Å²) in [6.07, 6.45) is 0. The van der Waals surface area contributed by atoms with Gasteiger partial charge < -0.3 is 26.2 Å². The molecular weight excluding hydrogens is 506 g/mol. The average Bonchev–Trinajstić information content (AvgIpc) is 2.81. The van der Waals surface area contributed by atoms with Gasteiger partial charge in [0.15, 0.2) is 0 Å². The molecule has 0 fully saturated rings. The van der Waals surface area contributed by atoms with Crippen molar-refractivity contribution >= 4 is 49.1 Å². The van der Waals surface area contributed by atoms with Gasteiger partial charge in [-0.3, -0.25) is 0 Å². The molecular formula is C33H62CaN5+3. The first-order chi connectivity index (χ1) is 17.6. The standard InChI is InChI=1S/2C12H18N.C9H23N3.Ca/c2*1-8(2)10-6-5-7-11(9(3)4)12(10)13;1-10(2)6-8-12(5)9-7-11(3)4;/h2*5-9,13H,1-4H3;6-9H2,1-5H3;/q2*-1;;+2/p+3. The zero-order valence-corrected chi connectivity index (χ0v) is 30.0. The van der Waals surface area contributed by atoms with Gasteiger partial charge in [0.2, 0.25) is 0 Å². The van der Waals surface area contributed by atoms with Crippen LogP contribution in [-0.4, -0.2) is 99.2 Å². The largest absolute Gasteiger partial charge is 2.00 e. The summed E-state index contributed by atoms with van der Waals surface area (Å²) in [5, 5.41) is 0. The van der Waals surface area contributed by atoms with Crippen LogP contribution in [0.15, 0.2) is 36.4 Å². The second kappa shape index (κ2) is 21.0. The third-order valence-electron chi connectivity index (χ3n) is 6.85. The molecule has 0 saturated heterocycles. The summed E-state index contributed by atoms with van der Waals surface area (Å²) in [6, 6.07) is 12.3. The van der Waals surface area contributed by atoms with E-state index in [0.29, 0.717) is 23.7 Å². The van der Waals surface area contributed by atoms with E-state index in [1.807, 2.05) is 0 Å². The van der Waals surface area contributed by atoms with Crippen molar-refractivity contribution in [3.8, 4) is 0 Å². The fourth-order valence-corrected chi connectivity index (χ4v) is 4.15. The van der Waals surface area contributed by atoms with Crippen molar-refractivity contribution in [2.24, 2.45) is 0 Å². The van der Waals surface area contributed by atoms with E-state index in [-0.39, 0.29) is 37.7 Å². The van der Waals surface area contributed by atoms with E-state index in [1.165, 1.54) is 26.2 Å². The average molecular weight is 569 g/mol. The number of benzene rings is 2. The Labute approximate surface area is 272 Å². The zero-order chi connectivity index (χ0) is 29.6. The van der Waals surface area contributed by atoms with Crippen molar-refractivity contribution in [1.29, 1.82) is 0 Å². The molecule has 6 heteroatoms. The molecule has 0 aromatic heterocycles. The maximum atomic E-state index is 8.01. The number of quaternary nitrogens is 3. The van der Waals surface area contributed by atoms with Gasteiger partial charge >= 0.3 is 37.7 Å². The minimum atomic E-state index is 0. The van der Waals surface area contributed by atoms with Gasteiger partial charge in [-0.25, -0.2) is 0 Å². The third-order valence-corrected chi connectivity index (χ3v) is 6.85. The van der Waals surface area contributed by atoms with Crippen molar-refractivity contribution in [2.75, 3.05) is 61.4 Å². The van der Waals surface area contributed by atoms with Crippen LogP contribution in [0.25, 0.3) is 11.5 Å². The molecule has 0 bridgehead atoms. The first-order valence-corrected chi connectivity index (χ1v) is 14.7. The third kappa shape index (κ3) is 16.3. The monoisotopic (exact) mass is 568 g/mol. The minimum Gasteiger partial charge on any atom is -0.698 e. The molecule has 2 aromatic rings. The molecule has 0 heterocycles. The molecule has 218 valence electrons. The van der Waals surface area contributed by atoms with Gasteiger partial charge in [-0.15, -0.1) is 11.4 Å². The molecule has 0 spiro atoms. The van der Waals surface area contributed by atoms with E-state index in [4.69, 9.17) is 11.5 Å². The Balaban J connectivity index is 0. The summed E-state index contributed by atoms with van der Waals surface area (Å²) < 4.78 is 0. The summed E-state index contributed by atoms with van der Waals surface area (Å²) in [6.45, 7) is 22.2. The van der Waals surface area contributed by atoms with Gasteiger partial charge in [0.1, 0.15) is 26.2 Å². The molecule has 0 saturated carbocycles. The Morgan fingerprint density at radius 1 is 0.487 bits per heavy atom. The first-order valence-electron chi connectivity index (χ1n) is 14.7. The number of rotatable bonds is 10. The van der Waals surface area contributed by atoms with Crippen molar-refractivity contribution in [3.05, 3.63) is 70.1 Å². The molecule has 2 rings (SSSR count). The van der Waals surface area contributed by atoms with Crippen molar-refractivity contribution in [2.45, 2.75) is 79.1 Å². The SMILES string of the molecule is CC(C)c1cccc(C(C)C)c1[NH-].CC(C)c1cccc(C(C)C)c1[NH-].C[NH+](C)CC[NH+](C)CC[NH+](C)C.[Ca+2]. The second-order valence-electron chi connectivity index (χ2n) is 12.6. The van der Waals surface area contributed by atoms with Gasteiger partial charge in [0.25, 0.3) is 0 Å². The number of hydrogen-bond donors (Lipinski definition) is 3. The Kier molecular flexibility index (Phi) is 21.7. The van der Waals surface area contributed by atoms with Crippen LogP contribution in [0.4, 0.5) is 11.4 Å². The number of likely N-dealkylation sites (N-methyl/N-ethyl adjacent to an activating group) is 3. The van der Waals surface area contributed by atoms with Crippen LogP contribution in [0, 0.1) is 0 Å². The van der Waals surface area contributed by atoms with Gasteiger partial charge in [-0.1, -0.05) is 114 Å². The molecule has 39 heavy (non-hydrogen) atoms. The van der Waals surface area contributed by atoms with Crippen LogP contribution in [0.1, 0.15) is 101 Å². The molecule has 0 aliphatic heterocycles. The van der Waals surface area contributed by atoms with Crippen LogP contribution in [-0.2, 0) is 0 Å². The Hall–Kier alpha value is -0.820. The van der Waals surface area contributed by atoms with Gasteiger partial charge in [0.05, 0.1) is 35.2 Å². The molecule has 0 unspecified atom stereocenters. The summed E-state index contributed by atoms with van der Waals surface area (Å²) in [7, 11) is 11.1. The Morgan fingerprint density at radius 2 is 0.718 bits per heavy atom. The smallest absolute Gasteiger partial charge is 0.698 e. The summed E-state index contributed by atoms with van der Waals surface area (Å²) in [4.78, 5) is 4.75. The van der Waals surface area contributed by atoms with Gasteiger partial charge in [-0.05, 0) is 23.7 Å². The van der Waals surface area contributed by atoms with Crippen LogP contribution >= 0.6 is 0 Å². The van der Waals surface area contributed by atoms with Crippen LogP contribution in [0.3, 0.4) is 0 Å². The Bertz CT molecular complexity index is 781. The van der Waals surface area contributed by atoms with Crippen molar-refractivity contribution in [3.63, 3.8) is 0 Å². The van der Waals surface area contributed by atoms with E-state index in [1.54, 1.807) is 14.7 Å². The number of hydrogen-bond acceptors (Lipinski definition) is 0. The van der Waals surface area contributed by atoms with E-state index in [0.717, 1.165) is 33.6 Å². The zero-order valence-electron chi connectivity index (χ0n) is 27.8. The molecule has 5 nitrogen and oxygen atoms in total. The van der Waals surface area contributed by atoms with Crippen LogP contribution in [0.2, 0.25) is 0 Å². The molecule has 0 aliphatic rings. The summed E-state index contributed by atoms with van der Waals surface area (Å²) in [5.41, 5.74) is 22.1. The number of nitrogens with one attached hydrogen (secondary N) is 5. The maximum absolute atomic E-state index is 8.01. The van der Waals surface area contributed by atoms with Crippen molar-refractivity contribution < 1.29 is 14.7 Å². The molecule has 0 atom stereocenters. The van der Waals surface area contributed by atoms with E-state index < -0.39 is 0 Å². The molecule has 5 N–H and O–H groups in total. The normalized spacial score (nSPS) is 11.2. The first kappa shape index (κ1) is 40.3. The molecule has 0 amide bonds. The van der Waals surface area contributed by atoms with Crippen LogP contribution < -0.4 is 14.7 Å². The summed E-state index contributed by atoms with van der Waals surface area (Å²) >= 11 is 0. The molecule has 0 aliphatic carbocycles. The van der Waals surface area contributed by atoms with Crippen LogP contribution in [0.5, 0.6) is 0 Å². The van der Waals surface area contributed by atoms with E-state index >= 15 is 0 Å². The Morgan fingerprint density at radius 3 is 0.897 bits per heavy atom. The molecule has 2 aromatic carbocycles. The predicted octanol–water partition coefficient (Wildman–Crippen LogP) is 4.64. The maximum Gasteiger partial charge on any atom is 2.00 e. The fraction of sp³-hybridized carbons (Fsp3) is 0.636.